The summed E-state index contributed by atoms with van der Waals surface area (Å²) in [7, 11) is 0. The van der Waals surface area contributed by atoms with E-state index in [0.717, 1.165) is 0 Å². The molecule has 0 aromatic carbocycles. The molecule has 136 valence electrons. The number of aliphatic hydroxyl groups excluding tert-OH is 1. The first-order valence-corrected chi connectivity index (χ1v) is 8.35. The molecule has 6 nitrogen and oxygen atoms in total. The number of fused-ring (bicyclic) bond motifs is 3. The second-order valence-electron chi connectivity index (χ2n) is 7.86. The second kappa shape index (κ2) is 5.54. The zero-order valence-electron chi connectivity index (χ0n) is 14.7. The van der Waals surface area contributed by atoms with Crippen LogP contribution in [-0.2, 0) is 19.1 Å². The van der Waals surface area contributed by atoms with Gasteiger partial charge in [0.2, 0.25) is 0 Å². The van der Waals surface area contributed by atoms with Crippen molar-refractivity contribution in [3.8, 4) is 0 Å². The number of hydrogen-bond acceptors (Lipinski definition) is 6. The minimum atomic E-state index is -1.27. The van der Waals surface area contributed by atoms with Crippen LogP contribution in [0.25, 0.3) is 0 Å². The predicted octanol–water partition coefficient (Wildman–Crippen LogP) is 1.28. The van der Waals surface area contributed by atoms with Crippen LogP contribution >= 0.6 is 0 Å². The fraction of sp³-hybridized carbons (Fsp3) is 0.579. The van der Waals surface area contributed by atoms with Gasteiger partial charge < -0.3 is 19.7 Å². The van der Waals surface area contributed by atoms with E-state index >= 15 is 0 Å². The van der Waals surface area contributed by atoms with Gasteiger partial charge in [-0.05, 0) is 20.3 Å². The van der Waals surface area contributed by atoms with Crippen molar-refractivity contribution >= 4 is 11.9 Å². The van der Waals surface area contributed by atoms with Gasteiger partial charge in [-0.2, -0.15) is 0 Å². The summed E-state index contributed by atoms with van der Waals surface area (Å²) in [5.41, 5.74) is -1.63. The monoisotopic (exact) mass is 348 g/mol. The maximum Gasteiger partial charge on any atom is 0.334 e. The van der Waals surface area contributed by atoms with Crippen LogP contribution in [0.1, 0.15) is 27.2 Å². The number of carbonyl (C=O) groups excluding carboxylic acids is 2. The molecule has 7 atom stereocenters. The zero-order chi connectivity index (χ0) is 18.7. The Bertz CT molecular complexity index is 690. The number of ether oxygens (including phenoxy) is 2. The van der Waals surface area contributed by atoms with E-state index in [1.54, 1.807) is 19.9 Å². The highest BCUT2D eigenvalue weighted by Crippen LogP contribution is 2.57. The lowest BCUT2D eigenvalue weighted by Gasteiger charge is -2.56. The van der Waals surface area contributed by atoms with E-state index < -0.39 is 53.1 Å². The van der Waals surface area contributed by atoms with E-state index in [2.05, 4.69) is 13.2 Å². The number of esters is 2. The largest absolute Gasteiger partial charge is 0.458 e. The Balaban J connectivity index is 2.06. The zero-order valence-corrected chi connectivity index (χ0v) is 14.7. The van der Waals surface area contributed by atoms with Crippen LogP contribution in [0.4, 0.5) is 0 Å². The molecule has 0 spiro atoms. The molecule has 25 heavy (non-hydrogen) atoms. The molecule has 0 bridgehead atoms. The van der Waals surface area contributed by atoms with Gasteiger partial charge in [-0.1, -0.05) is 32.2 Å². The van der Waals surface area contributed by atoms with Crippen LogP contribution in [0.3, 0.4) is 0 Å². The Hall–Kier alpha value is -1.92. The Morgan fingerprint density at radius 3 is 2.68 bits per heavy atom. The third kappa shape index (κ3) is 2.55. The molecule has 0 radical (unpaired) electrons. The van der Waals surface area contributed by atoms with Crippen molar-refractivity contribution in [2.24, 2.45) is 17.3 Å². The smallest absolute Gasteiger partial charge is 0.334 e. The molecule has 0 amide bonds. The highest BCUT2D eigenvalue weighted by molar-refractivity contribution is 5.91. The normalized spacial score (nSPS) is 45.4. The van der Waals surface area contributed by atoms with Crippen molar-refractivity contribution < 1.29 is 29.3 Å². The van der Waals surface area contributed by atoms with Crippen LogP contribution in [0.15, 0.2) is 36.5 Å². The SMILES string of the molecule is C=C(C)C(=O)O[C@H]1C[C@@]2(C)[C@H](O)C=C[C@@](C)(O)[C@@H]2[C@H]2OC(=O)C(=C)[C@@H]21. The highest BCUT2D eigenvalue weighted by Gasteiger charge is 2.65. The van der Waals surface area contributed by atoms with Crippen LogP contribution < -0.4 is 0 Å². The summed E-state index contributed by atoms with van der Waals surface area (Å²) < 4.78 is 11.1. The Kier molecular flexibility index (Phi) is 3.96. The number of aliphatic hydroxyl groups is 2. The third-order valence-corrected chi connectivity index (χ3v) is 5.87. The first-order valence-electron chi connectivity index (χ1n) is 8.35. The summed E-state index contributed by atoms with van der Waals surface area (Å²) in [6, 6.07) is 0. The first-order chi connectivity index (χ1) is 11.5. The van der Waals surface area contributed by atoms with E-state index in [1.165, 1.54) is 6.08 Å². The molecular formula is C19H24O6. The van der Waals surface area contributed by atoms with E-state index in [9.17, 15) is 19.8 Å². The molecule has 1 saturated heterocycles. The molecule has 0 aromatic rings. The quantitative estimate of drug-likeness (QED) is 0.444. The molecule has 1 saturated carbocycles. The number of carbonyl (C=O) groups is 2. The van der Waals surface area contributed by atoms with Crippen molar-refractivity contribution in [1.29, 1.82) is 0 Å². The van der Waals surface area contributed by atoms with Gasteiger partial charge in [0, 0.05) is 22.5 Å². The molecule has 1 aliphatic heterocycles. The van der Waals surface area contributed by atoms with Gasteiger partial charge in [0.25, 0.3) is 0 Å². The summed E-state index contributed by atoms with van der Waals surface area (Å²) in [5.74, 6) is -2.23. The van der Waals surface area contributed by atoms with Crippen molar-refractivity contribution in [2.45, 2.75) is 51.1 Å². The maximum absolute atomic E-state index is 12.1. The Morgan fingerprint density at radius 1 is 1.44 bits per heavy atom. The average Bonchev–Trinajstić information content (AvgIpc) is 2.78. The minimum Gasteiger partial charge on any atom is -0.458 e. The lowest BCUT2D eigenvalue weighted by molar-refractivity contribution is -0.200. The molecule has 3 aliphatic rings. The standard InChI is InChI=1S/C19H24O6/c1-9(2)16(21)24-11-8-18(4)12(20)6-7-19(5,23)15(18)14-13(11)10(3)17(22)25-14/h6-7,11-15,20,23H,1,3,8H2,2,4-5H3/t11-,12+,13+,14-,15+,18-,19+/m0/s1. The molecule has 1 heterocycles. The number of rotatable bonds is 2. The maximum atomic E-state index is 12.1. The Labute approximate surface area is 146 Å². The van der Waals surface area contributed by atoms with Crippen molar-refractivity contribution in [3.63, 3.8) is 0 Å². The predicted molar refractivity (Wildman–Crippen MR) is 89.2 cm³/mol. The fourth-order valence-corrected chi connectivity index (χ4v) is 4.65. The van der Waals surface area contributed by atoms with Crippen LogP contribution in [-0.4, -0.2) is 46.1 Å². The van der Waals surface area contributed by atoms with Crippen LogP contribution in [0, 0.1) is 17.3 Å². The summed E-state index contributed by atoms with van der Waals surface area (Å²) in [5, 5.41) is 21.5. The Morgan fingerprint density at radius 2 is 2.08 bits per heavy atom. The summed E-state index contributed by atoms with van der Waals surface area (Å²) >= 11 is 0. The summed E-state index contributed by atoms with van der Waals surface area (Å²) in [6.07, 6.45) is 1.07. The molecule has 6 heteroatoms. The topological polar surface area (TPSA) is 93.1 Å². The molecule has 2 N–H and O–H groups in total. The summed E-state index contributed by atoms with van der Waals surface area (Å²) in [4.78, 5) is 24.2. The lowest BCUT2D eigenvalue weighted by Crippen LogP contribution is -2.63. The van der Waals surface area contributed by atoms with Crippen molar-refractivity contribution in [1.82, 2.24) is 0 Å². The average molecular weight is 348 g/mol. The first kappa shape index (κ1) is 17.9. The minimum absolute atomic E-state index is 0.228. The van der Waals surface area contributed by atoms with Gasteiger partial charge in [-0.15, -0.1) is 0 Å². The highest BCUT2D eigenvalue weighted by atomic mass is 16.6. The van der Waals surface area contributed by atoms with Gasteiger partial charge in [-0.25, -0.2) is 9.59 Å². The van der Waals surface area contributed by atoms with E-state index in [0.29, 0.717) is 0 Å². The van der Waals surface area contributed by atoms with E-state index in [1.807, 2.05) is 6.92 Å². The number of hydrogen-bond donors (Lipinski definition) is 2. The van der Waals surface area contributed by atoms with Gasteiger partial charge in [0.05, 0.1) is 17.6 Å². The molecule has 2 fully saturated rings. The fourth-order valence-electron chi connectivity index (χ4n) is 4.65. The molecular weight excluding hydrogens is 324 g/mol. The second-order valence-corrected chi connectivity index (χ2v) is 7.86. The molecule has 3 rings (SSSR count). The summed E-state index contributed by atoms with van der Waals surface area (Å²) in [6.45, 7) is 12.4. The van der Waals surface area contributed by atoms with Crippen LogP contribution in [0.2, 0.25) is 0 Å². The van der Waals surface area contributed by atoms with E-state index in [-0.39, 0.29) is 17.6 Å². The lowest BCUT2D eigenvalue weighted by atomic mass is 9.52. The third-order valence-electron chi connectivity index (χ3n) is 5.87. The van der Waals surface area contributed by atoms with Gasteiger partial charge in [0.15, 0.2) is 0 Å². The van der Waals surface area contributed by atoms with Crippen molar-refractivity contribution in [3.05, 3.63) is 36.5 Å². The van der Waals surface area contributed by atoms with Crippen molar-refractivity contribution in [2.75, 3.05) is 0 Å². The van der Waals surface area contributed by atoms with Gasteiger partial charge >= 0.3 is 11.9 Å². The van der Waals surface area contributed by atoms with E-state index in [4.69, 9.17) is 9.47 Å². The van der Waals surface area contributed by atoms with Gasteiger partial charge in [0.1, 0.15) is 12.2 Å². The molecule has 0 unspecified atom stereocenters. The van der Waals surface area contributed by atoms with Gasteiger partial charge in [-0.3, -0.25) is 0 Å². The molecule has 0 aromatic heterocycles. The van der Waals surface area contributed by atoms with Crippen LogP contribution in [0.5, 0.6) is 0 Å². The molecule has 2 aliphatic carbocycles.